The second-order valence-corrected chi connectivity index (χ2v) is 12.3. The van der Waals surface area contributed by atoms with Crippen LogP contribution in [0.15, 0.2) is 30.3 Å². The minimum Gasteiger partial charge on any atom is -0.496 e. The molecule has 4 rings (SSSR count). The highest BCUT2D eigenvalue weighted by Gasteiger charge is 2.56. The quantitative estimate of drug-likeness (QED) is 0.122. The molecule has 2 aromatic rings. The predicted molar refractivity (Wildman–Crippen MR) is 168 cm³/mol. The van der Waals surface area contributed by atoms with Gasteiger partial charge in [0, 0.05) is 37.0 Å². The first-order valence-corrected chi connectivity index (χ1v) is 15.6. The average molecular weight is 696 g/mol. The number of aliphatic hydroxyl groups excluding tert-OH is 7. The Labute approximate surface area is 282 Å². The highest BCUT2D eigenvalue weighted by molar-refractivity contribution is 5.82. The van der Waals surface area contributed by atoms with Crippen LogP contribution in [0.4, 0.5) is 0 Å². The Hall–Kier alpha value is -3.58. The van der Waals surface area contributed by atoms with Crippen molar-refractivity contribution in [3.63, 3.8) is 0 Å². The van der Waals surface area contributed by atoms with Crippen LogP contribution >= 0.6 is 0 Å². The molecule has 0 aliphatic carbocycles. The summed E-state index contributed by atoms with van der Waals surface area (Å²) in [6.07, 6.45) is -13.8. The minimum atomic E-state index is -2.40. The molecule has 0 saturated carbocycles. The van der Waals surface area contributed by atoms with Gasteiger partial charge in [0.1, 0.15) is 60.0 Å². The summed E-state index contributed by atoms with van der Waals surface area (Å²) < 4.78 is 28.6. The molecule has 16 nitrogen and oxygen atoms in total. The summed E-state index contributed by atoms with van der Waals surface area (Å²) >= 11 is 0. The van der Waals surface area contributed by atoms with Crippen molar-refractivity contribution < 1.29 is 74.1 Å². The Balaban J connectivity index is 1.83. The van der Waals surface area contributed by atoms with E-state index in [1.165, 1.54) is 33.5 Å². The molecule has 11 atom stereocenters. The first-order valence-electron chi connectivity index (χ1n) is 15.6. The van der Waals surface area contributed by atoms with Crippen LogP contribution in [0.1, 0.15) is 48.6 Å². The van der Waals surface area contributed by atoms with Crippen LogP contribution in [0.25, 0.3) is 0 Å². The number of ether oxygens (including phenoxy) is 5. The summed E-state index contributed by atoms with van der Waals surface area (Å²) in [5.74, 6) is -1.61. The van der Waals surface area contributed by atoms with Crippen molar-refractivity contribution in [1.29, 1.82) is 0 Å². The van der Waals surface area contributed by atoms with E-state index in [1.54, 1.807) is 25.1 Å². The van der Waals surface area contributed by atoms with Gasteiger partial charge in [0.05, 0.1) is 46.2 Å². The number of carboxylic acids is 1. The van der Waals surface area contributed by atoms with Crippen molar-refractivity contribution in [1.82, 2.24) is 5.32 Å². The number of carbonyl (C=O) groups excluding carboxylic acids is 1. The van der Waals surface area contributed by atoms with E-state index in [1.807, 2.05) is 0 Å². The molecule has 2 aliphatic heterocycles. The van der Waals surface area contributed by atoms with Crippen molar-refractivity contribution in [2.75, 3.05) is 27.9 Å². The van der Waals surface area contributed by atoms with Gasteiger partial charge in [-0.05, 0) is 36.2 Å². The van der Waals surface area contributed by atoms with Crippen LogP contribution in [0.3, 0.4) is 0 Å². The maximum Gasteiger partial charge on any atom is 0.340 e. The standard InChI is InChI=1S/C33H45NO15/c1-14-26(39)28(41)29(42)30(48-14)18-9-16(6-7-22(18)45-3)8-17-10-19(24(47-5)11-23(17)46-4)33(32(43)44)12-20(37)25(34-15(2)36)31(49-33)27(40)21(38)13-35/h6-7,9-11,14,20-21,25-31,35,37-42H,8,12-13H2,1-5H3,(H,34,36)(H,43,44)/t14-,20-,21+,25+,26+,27+,28+,29-,30+,31+,33-/m0/s1. The van der Waals surface area contributed by atoms with Crippen LogP contribution in [0, 0.1) is 0 Å². The van der Waals surface area contributed by atoms with Crippen LogP contribution < -0.4 is 19.5 Å². The molecule has 2 aromatic carbocycles. The Kier molecular flexibility index (Phi) is 12.1. The molecule has 0 unspecified atom stereocenters. The van der Waals surface area contributed by atoms with Crippen molar-refractivity contribution in [3.05, 3.63) is 52.6 Å². The third-order valence-electron chi connectivity index (χ3n) is 9.12. The summed E-state index contributed by atoms with van der Waals surface area (Å²) in [4.78, 5) is 25.1. The Morgan fingerprint density at radius 2 is 1.61 bits per heavy atom. The van der Waals surface area contributed by atoms with Gasteiger partial charge < -0.3 is 69.9 Å². The van der Waals surface area contributed by atoms with Crippen LogP contribution in [-0.2, 0) is 31.1 Å². The zero-order valence-corrected chi connectivity index (χ0v) is 27.7. The molecule has 0 radical (unpaired) electrons. The zero-order valence-electron chi connectivity index (χ0n) is 27.7. The lowest BCUT2D eigenvalue weighted by Gasteiger charge is -2.47. The SMILES string of the molecule is COc1cc(OC)c([C@]2(C(=O)O)C[C@H](O)[C@@H](NC(C)=O)[C@H]([C@H](O)[C@H](O)CO)O2)cc1Cc1ccc(OC)c([C@H]2O[C@@H](C)[C@@H](O)[C@@H](O)[C@@H]2O)c1. The number of carboxylic acid groups (broad SMARTS) is 1. The number of carbonyl (C=O) groups is 2. The Bertz CT molecular complexity index is 1490. The molecule has 2 heterocycles. The molecular formula is C33H45NO15. The second-order valence-electron chi connectivity index (χ2n) is 12.3. The maximum absolute atomic E-state index is 13.2. The smallest absolute Gasteiger partial charge is 0.340 e. The van der Waals surface area contributed by atoms with Gasteiger partial charge in [-0.15, -0.1) is 0 Å². The van der Waals surface area contributed by atoms with Crippen molar-refractivity contribution in [2.45, 2.75) is 93.3 Å². The summed E-state index contributed by atoms with van der Waals surface area (Å²) in [7, 11) is 4.10. The lowest BCUT2D eigenvalue weighted by Crippen LogP contribution is -2.66. The fraction of sp³-hybridized carbons (Fsp3) is 0.576. The lowest BCUT2D eigenvalue weighted by molar-refractivity contribution is -0.233. The van der Waals surface area contributed by atoms with Gasteiger partial charge in [0.2, 0.25) is 5.91 Å². The topological polar surface area (TPSA) is 254 Å². The van der Waals surface area contributed by atoms with E-state index in [-0.39, 0.29) is 23.5 Å². The van der Waals surface area contributed by atoms with Crippen LogP contribution in [0.2, 0.25) is 0 Å². The first kappa shape index (κ1) is 38.2. The molecular weight excluding hydrogens is 650 g/mol. The van der Waals surface area contributed by atoms with E-state index < -0.39 is 91.5 Å². The van der Waals surface area contributed by atoms with Gasteiger partial charge in [-0.25, -0.2) is 4.79 Å². The van der Waals surface area contributed by atoms with Gasteiger partial charge >= 0.3 is 5.97 Å². The van der Waals surface area contributed by atoms with E-state index >= 15 is 0 Å². The van der Waals surface area contributed by atoms with E-state index in [0.29, 0.717) is 22.4 Å². The molecule has 272 valence electrons. The van der Waals surface area contributed by atoms with Gasteiger partial charge in [-0.2, -0.15) is 0 Å². The summed E-state index contributed by atoms with van der Waals surface area (Å²) in [6.45, 7) is 1.78. The van der Waals surface area contributed by atoms with Crippen LogP contribution in [0.5, 0.6) is 17.2 Å². The monoisotopic (exact) mass is 695 g/mol. The number of methoxy groups -OCH3 is 3. The Morgan fingerprint density at radius 3 is 2.18 bits per heavy atom. The first-order chi connectivity index (χ1) is 23.1. The fourth-order valence-electron chi connectivity index (χ4n) is 6.51. The molecule has 0 aromatic heterocycles. The largest absolute Gasteiger partial charge is 0.496 e. The fourth-order valence-corrected chi connectivity index (χ4v) is 6.51. The molecule has 16 heteroatoms. The zero-order chi connectivity index (χ0) is 36.4. The number of aliphatic hydroxyl groups is 7. The average Bonchev–Trinajstić information content (AvgIpc) is 3.08. The van der Waals surface area contributed by atoms with Crippen molar-refractivity contribution in [2.24, 2.45) is 0 Å². The third kappa shape index (κ3) is 7.47. The lowest BCUT2D eigenvalue weighted by atomic mass is 9.78. The maximum atomic E-state index is 13.2. The van der Waals surface area contributed by atoms with Gasteiger partial charge in [-0.1, -0.05) is 6.07 Å². The van der Waals surface area contributed by atoms with Gasteiger partial charge in [0.25, 0.3) is 0 Å². The number of nitrogens with one attached hydrogen (secondary N) is 1. The van der Waals surface area contributed by atoms with Crippen LogP contribution in [-0.4, -0.2) is 136 Å². The number of hydrogen-bond acceptors (Lipinski definition) is 14. The molecule has 2 fully saturated rings. The number of amides is 1. The number of hydrogen-bond donors (Lipinski definition) is 9. The molecule has 0 spiro atoms. The second kappa shape index (κ2) is 15.5. The summed E-state index contributed by atoms with van der Waals surface area (Å²) in [5.41, 5.74) is -1.09. The van der Waals surface area contributed by atoms with E-state index in [0.717, 1.165) is 6.92 Å². The minimum absolute atomic E-state index is 0.0141. The normalized spacial score (nSPS) is 31.3. The molecule has 0 bridgehead atoms. The van der Waals surface area contributed by atoms with E-state index in [2.05, 4.69) is 5.32 Å². The predicted octanol–water partition coefficient (Wildman–Crippen LogP) is -1.51. The summed E-state index contributed by atoms with van der Waals surface area (Å²) in [6, 6.07) is 6.52. The molecule has 1 amide bonds. The summed E-state index contributed by atoms with van der Waals surface area (Å²) in [5, 5.41) is 86.4. The highest BCUT2D eigenvalue weighted by atomic mass is 16.6. The third-order valence-corrected chi connectivity index (χ3v) is 9.12. The molecule has 2 saturated heterocycles. The van der Waals surface area contributed by atoms with E-state index in [9.17, 15) is 50.4 Å². The highest BCUT2D eigenvalue weighted by Crippen LogP contribution is 2.46. The number of benzene rings is 2. The number of aliphatic carboxylic acids is 1. The van der Waals surface area contributed by atoms with E-state index in [4.69, 9.17) is 23.7 Å². The number of rotatable bonds is 12. The molecule has 2 aliphatic rings. The van der Waals surface area contributed by atoms with Gasteiger partial charge in [0.15, 0.2) is 5.60 Å². The Morgan fingerprint density at radius 1 is 0.959 bits per heavy atom. The van der Waals surface area contributed by atoms with Crippen molar-refractivity contribution in [3.8, 4) is 17.2 Å². The van der Waals surface area contributed by atoms with Crippen molar-refractivity contribution >= 4 is 11.9 Å². The molecule has 9 N–H and O–H groups in total. The molecule has 49 heavy (non-hydrogen) atoms. The van der Waals surface area contributed by atoms with Gasteiger partial charge in [-0.3, -0.25) is 4.79 Å².